The molecule has 2 aromatic rings. The van der Waals surface area contributed by atoms with E-state index in [2.05, 4.69) is 0 Å². The second-order valence-corrected chi connectivity index (χ2v) is 5.68. The van der Waals surface area contributed by atoms with Crippen LogP contribution in [0.1, 0.15) is 5.56 Å². The molecule has 0 spiro atoms. The minimum absolute atomic E-state index is 0.198. The summed E-state index contributed by atoms with van der Waals surface area (Å²) >= 11 is 7.33. The Morgan fingerprint density at radius 3 is 2.32 bits per heavy atom. The van der Waals surface area contributed by atoms with Crippen LogP contribution in [0.15, 0.2) is 53.4 Å². The lowest BCUT2D eigenvalue weighted by Crippen LogP contribution is -2.05. The molecule has 2 N–H and O–H groups in total. The molecule has 0 atom stereocenters. The zero-order chi connectivity index (χ0) is 13.7. The number of Topliss-reactive ketones (excluding diaryl/α,β-unsaturated/α-hetero) is 1. The van der Waals surface area contributed by atoms with Gasteiger partial charge >= 0.3 is 0 Å². The van der Waals surface area contributed by atoms with E-state index in [4.69, 9.17) is 17.3 Å². The first kappa shape index (κ1) is 14.0. The zero-order valence-corrected chi connectivity index (χ0v) is 11.9. The summed E-state index contributed by atoms with van der Waals surface area (Å²) in [5, 5.41) is 0.687. The van der Waals surface area contributed by atoms with E-state index in [0.717, 1.165) is 16.1 Å². The summed E-state index contributed by atoms with van der Waals surface area (Å²) in [6.07, 6.45) is 0.444. The van der Waals surface area contributed by atoms with Gasteiger partial charge in [-0.2, -0.15) is 0 Å². The predicted molar refractivity (Wildman–Crippen MR) is 81.7 cm³/mol. The van der Waals surface area contributed by atoms with Crippen LogP contribution in [0, 0.1) is 0 Å². The van der Waals surface area contributed by atoms with Gasteiger partial charge in [-0.25, -0.2) is 0 Å². The van der Waals surface area contributed by atoms with Crippen LogP contribution in [0.2, 0.25) is 5.02 Å². The number of hydrogen-bond acceptors (Lipinski definition) is 3. The molecule has 0 radical (unpaired) electrons. The first-order chi connectivity index (χ1) is 9.13. The third-order valence-electron chi connectivity index (χ3n) is 2.59. The van der Waals surface area contributed by atoms with Gasteiger partial charge in [0.25, 0.3) is 0 Å². The Kier molecular flexibility index (Phi) is 4.88. The molecule has 2 nitrogen and oxygen atoms in total. The summed E-state index contributed by atoms with van der Waals surface area (Å²) in [4.78, 5) is 12.9. The third-order valence-corrected chi connectivity index (χ3v) is 3.92. The molecular formula is C15H14ClNOS. The highest BCUT2D eigenvalue weighted by Crippen LogP contribution is 2.20. The van der Waals surface area contributed by atoms with Gasteiger partial charge in [0, 0.05) is 22.0 Å². The molecule has 0 fully saturated rings. The van der Waals surface area contributed by atoms with Crippen molar-refractivity contribution in [2.24, 2.45) is 0 Å². The number of benzene rings is 2. The molecule has 0 aliphatic carbocycles. The molecule has 4 heteroatoms. The molecule has 0 aliphatic heterocycles. The van der Waals surface area contributed by atoms with Crippen molar-refractivity contribution < 1.29 is 4.79 Å². The monoisotopic (exact) mass is 291 g/mol. The Hall–Kier alpha value is -1.45. The van der Waals surface area contributed by atoms with Gasteiger partial charge < -0.3 is 5.73 Å². The summed E-state index contributed by atoms with van der Waals surface area (Å²) in [7, 11) is 0. The summed E-state index contributed by atoms with van der Waals surface area (Å²) in [5.41, 5.74) is 7.34. The Morgan fingerprint density at radius 1 is 1.05 bits per heavy atom. The van der Waals surface area contributed by atoms with Crippen molar-refractivity contribution in [3.63, 3.8) is 0 Å². The van der Waals surface area contributed by atoms with Crippen LogP contribution in [0.3, 0.4) is 0 Å². The average Bonchev–Trinajstić information content (AvgIpc) is 2.41. The lowest BCUT2D eigenvalue weighted by molar-refractivity contribution is -0.116. The third kappa shape index (κ3) is 4.62. The smallest absolute Gasteiger partial charge is 0.147 e. The SMILES string of the molecule is Nc1ccc(SCC(=O)Cc2ccc(Cl)cc2)cc1. The summed E-state index contributed by atoms with van der Waals surface area (Å²) < 4.78 is 0. The maximum Gasteiger partial charge on any atom is 0.147 e. The Labute approximate surface area is 122 Å². The van der Waals surface area contributed by atoms with Crippen molar-refractivity contribution in [2.45, 2.75) is 11.3 Å². The van der Waals surface area contributed by atoms with Crippen molar-refractivity contribution in [2.75, 3.05) is 11.5 Å². The molecule has 0 saturated carbocycles. The maximum atomic E-state index is 11.9. The van der Waals surface area contributed by atoms with E-state index in [1.165, 1.54) is 11.8 Å². The number of anilines is 1. The van der Waals surface area contributed by atoms with E-state index < -0.39 is 0 Å². The van der Waals surface area contributed by atoms with Gasteiger partial charge in [0.2, 0.25) is 0 Å². The first-order valence-corrected chi connectivity index (χ1v) is 7.24. The second kappa shape index (κ2) is 6.64. The van der Waals surface area contributed by atoms with Gasteiger partial charge in [0.05, 0.1) is 5.75 Å². The highest BCUT2D eigenvalue weighted by Gasteiger charge is 2.05. The van der Waals surface area contributed by atoms with Crippen LogP contribution in [0.25, 0.3) is 0 Å². The molecule has 2 rings (SSSR count). The maximum absolute atomic E-state index is 11.9. The number of nitrogen functional groups attached to an aromatic ring is 1. The molecular weight excluding hydrogens is 278 g/mol. The van der Waals surface area contributed by atoms with Crippen molar-refractivity contribution in [1.82, 2.24) is 0 Å². The van der Waals surface area contributed by atoms with Gasteiger partial charge in [-0.05, 0) is 42.0 Å². The van der Waals surface area contributed by atoms with Gasteiger partial charge in [-0.3, -0.25) is 4.79 Å². The number of nitrogens with two attached hydrogens (primary N) is 1. The molecule has 0 unspecified atom stereocenters. The normalized spacial score (nSPS) is 10.4. The van der Waals surface area contributed by atoms with Crippen LogP contribution < -0.4 is 5.73 Å². The van der Waals surface area contributed by atoms with E-state index in [0.29, 0.717) is 17.2 Å². The fourth-order valence-electron chi connectivity index (χ4n) is 1.61. The highest BCUT2D eigenvalue weighted by molar-refractivity contribution is 8.00. The summed E-state index contributed by atoms with van der Waals surface area (Å²) in [5.74, 6) is 0.663. The van der Waals surface area contributed by atoms with Crippen LogP contribution in [0.4, 0.5) is 5.69 Å². The summed E-state index contributed by atoms with van der Waals surface area (Å²) in [6.45, 7) is 0. The fraction of sp³-hybridized carbons (Fsp3) is 0.133. The van der Waals surface area contributed by atoms with E-state index in [1.807, 2.05) is 36.4 Å². The Bertz CT molecular complexity index is 551. The van der Waals surface area contributed by atoms with E-state index in [9.17, 15) is 4.79 Å². The lowest BCUT2D eigenvalue weighted by atomic mass is 10.1. The van der Waals surface area contributed by atoms with E-state index in [-0.39, 0.29) is 5.78 Å². The lowest BCUT2D eigenvalue weighted by Gasteiger charge is -2.03. The van der Waals surface area contributed by atoms with Crippen molar-refractivity contribution in [3.05, 3.63) is 59.1 Å². The molecule has 0 aliphatic rings. The molecule has 0 heterocycles. The van der Waals surface area contributed by atoms with Crippen LogP contribution >= 0.6 is 23.4 Å². The number of ketones is 1. The molecule has 0 saturated heterocycles. The number of rotatable bonds is 5. The van der Waals surface area contributed by atoms with Gasteiger partial charge in [0.15, 0.2) is 0 Å². The molecule has 0 aromatic heterocycles. The average molecular weight is 292 g/mol. The standard InChI is InChI=1S/C15H14ClNOS/c16-12-3-1-11(2-4-12)9-14(18)10-19-15-7-5-13(17)6-8-15/h1-8H,9-10,17H2. The van der Waals surface area contributed by atoms with Gasteiger partial charge in [0.1, 0.15) is 5.78 Å². The van der Waals surface area contributed by atoms with Crippen LogP contribution in [-0.4, -0.2) is 11.5 Å². The van der Waals surface area contributed by atoms with E-state index in [1.54, 1.807) is 12.1 Å². The second-order valence-electron chi connectivity index (χ2n) is 4.20. The van der Waals surface area contributed by atoms with Gasteiger partial charge in [-0.1, -0.05) is 23.7 Å². The van der Waals surface area contributed by atoms with Crippen LogP contribution in [0.5, 0.6) is 0 Å². The molecule has 19 heavy (non-hydrogen) atoms. The quantitative estimate of drug-likeness (QED) is 0.672. The number of halogens is 1. The zero-order valence-electron chi connectivity index (χ0n) is 10.3. The van der Waals surface area contributed by atoms with Crippen molar-refractivity contribution in [1.29, 1.82) is 0 Å². The van der Waals surface area contributed by atoms with E-state index >= 15 is 0 Å². The largest absolute Gasteiger partial charge is 0.399 e. The highest BCUT2D eigenvalue weighted by atomic mass is 35.5. The molecule has 0 amide bonds. The number of carbonyl (C=O) groups is 1. The Morgan fingerprint density at radius 2 is 1.68 bits per heavy atom. The number of thioether (sulfide) groups is 1. The van der Waals surface area contributed by atoms with Gasteiger partial charge in [-0.15, -0.1) is 11.8 Å². The van der Waals surface area contributed by atoms with Crippen LogP contribution in [-0.2, 0) is 11.2 Å². The molecule has 98 valence electrons. The fourth-order valence-corrected chi connectivity index (χ4v) is 2.49. The molecule has 2 aromatic carbocycles. The first-order valence-electron chi connectivity index (χ1n) is 5.88. The summed E-state index contributed by atoms with van der Waals surface area (Å²) in [6, 6.07) is 14.9. The van der Waals surface area contributed by atoms with Crippen molar-refractivity contribution >= 4 is 34.8 Å². The van der Waals surface area contributed by atoms with Crippen molar-refractivity contribution in [3.8, 4) is 0 Å². The molecule has 0 bridgehead atoms. The number of carbonyl (C=O) groups excluding carboxylic acids is 1. The predicted octanol–water partition coefficient (Wildman–Crippen LogP) is 3.83. The minimum Gasteiger partial charge on any atom is -0.399 e. The minimum atomic E-state index is 0.198. The number of hydrogen-bond donors (Lipinski definition) is 1. The topological polar surface area (TPSA) is 43.1 Å². The Balaban J connectivity index is 1.84.